The van der Waals surface area contributed by atoms with Crippen LogP contribution >= 0.6 is 11.3 Å². The van der Waals surface area contributed by atoms with Gasteiger partial charge < -0.3 is 10.4 Å². The lowest BCUT2D eigenvalue weighted by Gasteiger charge is -2.24. The van der Waals surface area contributed by atoms with Crippen LogP contribution < -0.4 is 5.32 Å². The Morgan fingerprint density at radius 2 is 1.91 bits per heavy atom. The molecule has 0 aliphatic heterocycles. The summed E-state index contributed by atoms with van der Waals surface area (Å²) in [6, 6.07) is 12.4. The first-order chi connectivity index (χ1) is 10.9. The first-order valence-electron chi connectivity index (χ1n) is 7.52. The van der Waals surface area contributed by atoms with Gasteiger partial charge in [0.15, 0.2) is 5.78 Å². The third kappa shape index (κ3) is 5.01. The largest absolute Gasteiger partial charge is 0.385 e. The Balaban J connectivity index is 1.88. The summed E-state index contributed by atoms with van der Waals surface area (Å²) in [6.07, 6.45) is 0.203. The van der Waals surface area contributed by atoms with Crippen molar-refractivity contribution in [1.29, 1.82) is 0 Å². The van der Waals surface area contributed by atoms with Crippen LogP contribution in [0.5, 0.6) is 0 Å². The van der Waals surface area contributed by atoms with Crippen molar-refractivity contribution in [3.05, 3.63) is 58.3 Å². The van der Waals surface area contributed by atoms with Crippen LogP contribution in [0.15, 0.2) is 47.8 Å². The van der Waals surface area contributed by atoms with Crippen LogP contribution in [-0.2, 0) is 10.4 Å². The molecule has 4 nitrogen and oxygen atoms in total. The monoisotopic (exact) mass is 331 g/mol. The van der Waals surface area contributed by atoms with Gasteiger partial charge in [-0.2, -0.15) is 0 Å². The van der Waals surface area contributed by atoms with Crippen LogP contribution in [0.4, 0.5) is 0 Å². The van der Waals surface area contributed by atoms with Gasteiger partial charge in [-0.25, -0.2) is 0 Å². The number of hydrogen-bond acceptors (Lipinski definition) is 4. The normalized spacial score (nSPS) is 14.7. The molecule has 0 aliphatic rings. The molecule has 1 heterocycles. The third-order valence-corrected chi connectivity index (χ3v) is 4.51. The number of Topliss-reactive ketones (excluding diaryl/α,β-unsaturated/α-hetero) is 1. The lowest BCUT2D eigenvalue weighted by Crippen LogP contribution is -2.38. The van der Waals surface area contributed by atoms with Gasteiger partial charge in [-0.05, 0) is 30.9 Å². The van der Waals surface area contributed by atoms with Gasteiger partial charge >= 0.3 is 0 Å². The molecule has 0 radical (unpaired) electrons. The number of nitrogens with one attached hydrogen (secondary N) is 1. The summed E-state index contributed by atoms with van der Waals surface area (Å²) in [7, 11) is 0. The van der Waals surface area contributed by atoms with Crippen LogP contribution in [0.3, 0.4) is 0 Å². The Hall–Kier alpha value is -1.98. The molecule has 2 unspecified atom stereocenters. The van der Waals surface area contributed by atoms with Gasteiger partial charge in [0, 0.05) is 12.5 Å². The molecule has 2 atom stereocenters. The van der Waals surface area contributed by atoms with E-state index in [2.05, 4.69) is 5.32 Å². The van der Waals surface area contributed by atoms with Gasteiger partial charge in [0.2, 0.25) is 5.91 Å². The standard InChI is InChI=1S/C18H21NO3S/c1-13(11-15(20)16-9-6-10-23-16)19-17(21)12-18(2,22)14-7-4-3-5-8-14/h3-10,13,22H,11-12H2,1-2H3,(H,19,21). The molecule has 0 aliphatic carbocycles. The number of ketones is 1. The summed E-state index contributed by atoms with van der Waals surface area (Å²) in [6.45, 7) is 3.41. The number of thiophene rings is 1. The summed E-state index contributed by atoms with van der Waals surface area (Å²) < 4.78 is 0. The van der Waals surface area contributed by atoms with E-state index >= 15 is 0 Å². The van der Waals surface area contributed by atoms with E-state index in [1.807, 2.05) is 29.6 Å². The summed E-state index contributed by atoms with van der Waals surface area (Å²) in [5.74, 6) is -0.257. The molecule has 2 aromatic rings. The van der Waals surface area contributed by atoms with Crippen molar-refractivity contribution in [2.75, 3.05) is 0 Å². The predicted octanol–water partition coefficient (Wildman–Crippen LogP) is 3.12. The lowest BCUT2D eigenvalue weighted by molar-refractivity contribution is -0.126. The molecule has 0 saturated carbocycles. The van der Waals surface area contributed by atoms with E-state index in [1.165, 1.54) is 11.3 Å². The third-order valence-electron chi connectivity index (χ3n) is 3.60. The number of amides is 1. The highest BCUT2D eigenvalue weighted by atomic mass is 32.1. The fourth-order valence-electron chi connectivity index (χ4n) is 2.40. The highest BCUT2D eigenvalue weighted by Crippen LogP contribution is 2.24. The number of carbonyl (C=O) groups is 2. The van der Waals surface area contributed by atoms with Crippen molar-refractivity contribution in [2.24, 2.45) is 0 Å². The molecule has 1 amide bonds. The summed E-state index contributed by atoms with van der Waals surface area (Å²) in [5.41, 5.74) is -0.541. The second kappa shape index (κ2) is 7.53. The Bertz CT molecular complexity index is 650. The Morgan fingerprint density at radius 1 is 1.22 bits per heavy atom. The minimum atomic E-state index is -1.23. The molecule has 0 bridgehead atoms. The van der Waals surface area contributed by atoms with E-state index in [4.69, 9.17) is 0 Å². The average molecular weight is 331 g/mol. The van der Waals surface area contributed by atoms with E-state index in [9.17, 15) is 14.7 Å². The van der Waals surface area contributed by atoms with Crippen LogP contribution in [0, 0.1) is 0 Å². The van der Waals surface area contributed by atoms with Crippen molar-refractivity contribution in [3.8, 4) is 0 Å². The van der Waals surface area contributed by atoms with Crippen molar-refractivity contribution in [3.63, 3.8) is 0 Å². The SMILES string of the molecule is CC(CC(=O)c1cccs1)NC(=O)CC(C)(O)c1ccccc1. The van der Waals surface area contributed by atoms with Crippen molar-refractivity contribution < 1.29 is 14.7 Å². The maximum absolute atomic E-state index is 12.1. The molecule has 1 aromatic heterocycles. The fourth-order valence-corrected chi connectivity index (χ4v) is 3.08. The predicted molar refractivity (Wildman–Crippen MR) is 91.5 cm³/mol. The maximum Gasteiger partial charge on any atom is 0.223 e. The number of benzene rings is 1. The fraction of sp³-hybridized carbons (Fsp3) is 0.333. The van der Waals surface area contributed by atoms with E-state index in [1.54, 1.807) is 32.0 Å². The van der Waals surface area contributed by atoms with Gasteiger partial charge in [0.1, 0.15) is 0 Å². The number of hydrogen-bond donors (Lipinski definition) is 2. The first kappa shape index (κ1) is 17.4. The van der Waals surface area contributed by atoms with Crippen molar-refractivity contribution >= 4 is 23.0 Å². The average Bonchev–Trinajstić information content (AvgIpc) is 3.01. The van der Waals surface area contributed by atoms with Crippen LogP contribution in [0.2, 0.25) is 0 Å². The molecule has 1 aromatic carbocycles. The highest BCUT2D eigenvalue weighted by Gasteiger charge is 2.27. The zero-order chi connectivity index (χ0) is 16.9. The molecule has 5 heteroatoms. The quantitative estimate of drug-likeness (QED) is 0.766. The van der Waals surface area contributed by atoms with Gasteiger partial charge in [0.05, 0.1) is 16.9 Å². The zero-order valence-electron chi connectivity index (χ0n) is 13.3. The van der Waals surface area contributed by atoms with Gasteiger partial charge in [0.25, 0.3) is 0 Å². The molecule has 0 fully saturated rings. The Kier molecular flexibility index (Phi) is 5.69. The van der Waals surface area contributed by atoms with Crippen LogP contribution in [0.25, 0.3) is 0 Å². The Labute approximate surface area is 140 Å². The summed E-state index contributed by atoms with van der Waals surface area (Å²) in [5, 5.41) is 15.1. The first-order valence-corrected chi connectivity index (χ1v) is 8.40. The second-order valence-corrected chi connectivity index (χ2v) is 6.84. The van der Waals surface area contributed by atoms with Crippen molar-refractivity contribution in [1.82, 2.24) is 5.32 Å². The van der Waals surface area contributed by atoms with Crippen molar-refractivity contribution in [2.45, 2.75) is 38.3 Å². The molecular weight excluding hydrogens is 310 g/mol. The topological polar surface area (TPSA) is 66.4 Å². The minimum absolute atomic E-state index is 0.0163. The van der Waals surface area contributed by atoms with E-state index < -0.39 is 5.60 Å². The molecule has 0 saturated heterocycles. The molecule has 0 spiro atoms. The Morgan fingerprint density at radius 3 is 2.52 bits per heavy atom. The molecule has 122 valence electrons. The van der Waals surface area contributed by atoms with E-state index in [0.717, 1.165) is 0 Å². The number of aliphatic hydroxyl groups is 1. The van der Waals surface area contributed by atoms with E-state index in [-0.39, 0.29) is 30.6 Å². The van der Waals surface area contributed by atoms with Gasteiger partial charge in [-0.1, -0.05) is 36.4 Å². The minimum Gasteiger partial charge on any atom is -0.385 e. The molecular formula is C18H21NO3S. The number of rotatable bonds is 7. The van der Waals surface area contributed by atoms with Crippen LogP contribution in [-0.4, -0.2) is 22.8 Å². The number of carbonyl (C=O) groups excluding carboxylic acids is 2. The molecule has 23 heavy (non-hydrogen) atoms. The van der Waals surface area contributed by atoms with Gasteiger partial charge in [-0.3, -0.25) is 9.59 Å². The van der Waals surface area contributed by atoms with E-state index in [0.29, 0.717) is 10.4 Å². The highest BCUT2D eigenvalue weighted by molar-refractivity contribution is 7.12. The second-order valence-electron chi connectivity index (χ2n) is 5.89. The maximum atomic E-state index is 12.1. The van der Waals surface area contributed by atoms with Gasteiger partial charge in [-0.15, -0.1) is 11.3 Å². The molecule has 2 rings (SSSR count). The molecule has 2 N–H and O–H groups in total. The summed E-state index contributed by atoms with van der Waals surface area (Å²) >= 11 is 1.40. The zero-order valence-corrected chi connectivity index (χ0v) is 14.1. The lowest BCUT2D eigenvalue weighted by atomic mass is 9.92. The smallest absolute Gasteiger partial charge is 0.223 e. The van der Waals surface area contributed by atoms with Crippen LogP contribution in [0.1, 0.15) is 41.9 Å². The summed E-state index contributed by atoms with van der Waals surface area (Å²) in [4.78, 5) is 24.8.